The molecule has 0 unspecified atom stereocenters. The Morgan fingerprint density at radius 2 is 2.00 bits per heavy atom. The lowest BCUT2D eigenvalue weighted by Crippen LogP contribution is -2.41. The van der Waals surface area contributed by atoms with Crippen LogP contribution in [0, 0.1) is 0 Å². The number of carboxylic acid groups (broad SMARTS) is 1. The van der Waals surface area contributed by atoms with E-state index in [0.29, 0.717) is 0 Å². The molecule has 2 aromatic rings. The van der Waals surface area contributed by atoms with E-state index < -0.39 is 5.97 Å². The smallest absolute Gasteiger partial charge is 0.323 e. The van der Waals surface area contributed by atoms with Crippen LogP contribution in [0.5, 0.6) is 0 Å². The second-order valence-electron chi connectivity index (χ2n) is 4.91. The summed E-state index contributed by atoms with van der Waals surface area (Å²) in [5.41, 5.74) is 1.13. The minimum absolute atomic E-state index is 0.209. The molecule has 0 fully saturated rings. The number of carboxylic acids is 1. The molecule has 1 amide bonds. The van der Waals surface area contributed by atoms with Gasteiger partial charge >= 0.3 is 5.97 Å². The molecule has 1 aromatic carbocycles. The van der Waals surface area contributed by atoms with Crippen LogP contribution in [-0.4, -0.2) is 44.3 Å². The van der Waals surface area contributed by atoms with E-state index in [1.807, 2.05) is 24.3 Å². The number of amides is 1. The monoisotopic (exact) mass is 275 g/mol. The van der Waals surface area contributed by atoms with Crippen molar-refractivity contribution in [3.8, 4) is 0 Å². The van der Waals surface area contributed by atoms with Gasteiger partial charge in [-0.2, -0.15) is 5.10 Å². The van der Waals surface area contributed by atoms with Crippen molar-refractivity contribution >= 4 is 22.8 Å². The highest BCUT2D eigenvalue weighted by Gasteiger charge is 2.25. The molecule has 0 spiro atoms. The fourth-order valence-corrected chi connectivity index (χ4v) is 2.14. The Hall–Kier alpha value is -2.37. The van der Waals surface area contributed by atoms with Gasteiger partial charge in [-0.1, -0.05) is 18.2 Å². The lowest BCUT2D eigenvalue weighted by molar-refractivity contribution is -0.138. The number of aromatic nitrogens is 2. The van der Waals surface area contributed by atoms with E-state index in [0.717, 1.165) is 10.9 Å². The van der Waals surface area contributed by atoms with Crippen LogP contribution in [0.3, 0.4) is 0 Å². The zero-order valence-electron chi connectivity index (χ0n) is 11.7. The third-order valence-electron chi connectivity index (χ3n) is 3.15. The molecule has 0 aliphatic heterocycles. The number of rotatable bonds is 4. The Kier molecular flexibility index (Phi) is 3.74. The predicted octanol–water partition coefficient (Wildman–Crippen LogP) is 1.51. The van der Waals surface area contributed by atoms with Crippen molar-refractivity contribution in [2.24, 2.45) is 7.05 Å². The lowest BCUT2D eigenvalue weighted by Gasteiger charge is -2.24. The zero-order chi connectivity index (χ0) is 14.9. The summed E-state index contributed by atoms with van der Waals surface area (Å²) in [6.07, 6.45) is 0. The maximum Gasteiger partial charge on any atom is 0.323 e. The number of para-hydroxylation sites is 1. The van der Waals surface area contributed by atoms with E-state index >= 15 is 0 Å². The topological polar surface area (TPSA) is 75.4 Å². The summed E-state index contributed by atoms with van der Waals surface area (Å²) >= 11 is 0. The summed E-state index contributed by atoms with van der Waals surface area (Å²) in [7, 11) is 1.76. The van der Waals surface area contributed by atoms with Gasteiger partial charge in [0.25, 0.3) is 5.91 Å². The number of aliphatic carboxylic acids is 1. The first-order valence-electron chi connectivity index (χ1n) is 6.36. The second-order valence-corrected chi connectivity index (χ2v) is 4.91. The number of aryl methyl sites for hydroxylation is 1. The van der Waals surface area contributed by atoms with Gasteiger partial charge in [0.05, 0.1) is 5.52 Å². The van der Waals surface area contributed by atoms with Crippen LogP contribution in [0.1, 0.15) is 24.3 Å². The van der Waals surface area contributed by atoms with Gasteiger partial charge in [0, 0.05) is 18.5 Å². The highest BCUT2D eigenvalue weighted by molar-refractivity contribution is 6.05. The highest BCUT2D eigenvalue weighted by Crippen LogP contribution is 2.19. The first-order chi connectivity index (χ1) is 9.41. The minimum Gasteiger partial charge on any atom is -0.480 e. The van der Waals surface area contributed by atoms with Crippen molar-refractivity contribution in [1.29, 1.82) is 0 Å². The van der Waals surface area contributed by atoms with Crippen LogP contribution in [0.15, 0.2) is 24.3 Å². The van der Waals surface area contributed by atoms with E-state index in [2.05, 4.69) is 5.10 Å². The molecule has 0 saturated heterocycles. The molecule has 0 aliphatic carbocycles. The summed E-state index contributed by atoms with van der Waals surface area (Å²) in [5.74, 6) is -1.40. The molecule has 0 bridgehead atoms. The zero-order valence-corrected chi connectivity index (χ0v) is 11.7. The van der Waals surface area contributed by atoms with Gasteiger partial charge in [0.15, 0.2) is 5.69 Å². The van der Waals surface area contributed by atoms with Crippen LogP contribution in [0.4, 0.5) is 0 Å². The Labute approximate surface area is 116 Å². The number of hydrogen-bond acceptors (Lipinski definition) is 3. The number of carbonyl (C=O) groups excluding carboxylic acids is 1. The molecule has 106 valence electrons. The molecule has 2 rings (SSSR count). The molecule has 6 nitrogen and oxygen atoms in total. The Balaban J connectivity index is 2.46. The number of carbonyl (C=O) groups is 2. The number of hydrogen-bond donors (Lipinski definition) is 1. The van der Waals surface area contributed by atoms with Gasteiger partial charge in [0.1, 0.15) is 6.54 Å². The minimum atomic E-state index is -1.03. The summed E-state index contributed by atoms with van der Waals surface area (Å²) in [4.78, 5) is 24.7. The standard InChI is InChI=1S/C14H17N3O3/c1-9(2)17(8-12(18)19)14(20)13-10-6-4-5-7-11(10)16(3)15-13/h4-7,9H,8H2,1-3H3,(H,18,19). The van der Waals surface area contributed by atoms with Crippen molar-refractivity contribution in [3.63, 3.8) is 0 Å². The normalized spacial score (nSPS) is 11.0. The van der Waals surface area contributed by atoms with Crippen LogP contribution in [-0.2, 0) is 11.8 Å². The van der Waals surface area contributed by atoms with Gasteiger partial charge in [-0.25, -0.2) is 0 Å². The molecule has 0 saturated carbocycles. The number of nitrogens with zero attached hydrogens (tertiary/aromatic N) is 3. The largest absolute Gasteiger partial charge is 0.480 e. The maximum atomic E-state index is 12.5. The number of benzene rings is 1. The van der Waals surface area contributed by atoms with Gasteiger partial charge < -0.3 is 10.0 Å². The molecule has 0 aliphatic rings. The molecule has 1 heterocycles. The first-order valence-corrected chi connectivity index (χ1v) is 6.36. The third kappa shape index (κ3) is 2.49. The van der Waals surface area contributed by atoms with Gasteiger partial charge in [-0.05, 0) is 19.9 Å². The van der Waals surface area contributed by atoms with Crippen molar-refractivity contribution in [1.82, 2.24) is 14.7 Å². The van der Waals surface area contributed by atoms with Crippen LogP contribution in [0.25, 0.3) is 10.9 Å². The fourth-order valence-electron chi connectivity index (χ4n) is 2.14. The molecule has 1 N–H and O–H groups in total. The highest BCUT2D eigenvalue weighted by atomic mass is 16.4. The second kappa shape index (κ2) is 5.32. The summed E-state index contributed by atoms with van der Waals surface area (Å²) < 4.78 is 1.63. The predicted molar refractivity (Wildman–Crippen MR) is 74.5 cm³/mol. The van der Waals surface area contributed by atoms with Gasteiger partial charge in [-0.15, -0.1) is 0 Å². The molecule has 6 heteroatoms. The summed E-state index contributed by atoms with van der Waals surface area (Å²) in [6, 6.07) is 7.18. The number of fused-ring (bicyclic) bond motifs is 1. The average Bonchev–Trinajstić information content (AvgIpc) is 2.73. The van der Waals surface area contributed by atoms with E-state index in [1.54, 1.807) is 25.6 Å². The van der Waals surface area contributed by atoms with Gasteiger partial charge in [-0.3, -0.25) is 14.3 Å². The third-order valence-corrected chi connectivity index (χ3v) is 3.15. The average molecular weight is 275 g/mol. The van der Waals surface area contributed by atoms with Crippen LogP contribution < -0.4 is 0 Å². The summed E-state index contributed by atoms with van der Waals surface area (Å²) in [5, 5.41) is 13.9. The molecule has 0 atom stereocenters. The van der Waals surface area contributed by atoms with Crippen molar-refractivity contribution < 1.29 is 14.7 Å². The lowest BCUT2D eigenvalue weighted by atomic mass is 10.2. The molecule has 1 aromatic heterocycles. The Morgan fingerprint density at radius 1 is 1.35 bits per heavy atom. The van der Waals surface area contributed by atoms with Crippen LogP contribution in [0.2, 0.25) is 0 Å². The van der Waals surface area contributed by atoms with E-state index in [-0.39, 0.29) is 24.2 Å². The van der Waals surface area contributed by atoms with E-state index in [4.69, 9.17) is 5.11 Å². The van der Waals surface area contributed by atoms with Crippen LogP contribution >= 0.6 is 0 Å². The Morgan fingerprint density at radius 3 is 2.60 bits per heavy atom. The molecular formula is C14H17N3O3. The summed E-state index contributed by atoms with van der Waals surface area (Å²) in [6.45, 7) is 3.24. The molecule has 0 radical (unpaired) electrons. The molecule has 20 heavy (non-hydrogen) atoms. The van der Waals surface area contributed by atoms with Crippen molar-refractivity contribution in [3.05, 3.63) is 30.0 Å². The first kappa shape index (κ1) is 14.0. The van der Waals surface area contributed by atoms with E-state index in [1.165, 1.54) is 4.90 Å². The maximum absolute atomic E-state index is 12.5. The van der Waals surface area contributed by atoms with Gasteiger partial charge in [0.2, 0.25) is 0 Å². The van der Waals surface area contributed by atoms with Crippen molar-refractivity contribution in [2.75, 3.05) is 6.54 Å². The SMILES string of the molecule is CC(C)N(CC(=O)O)C(=O)c1nn(C)c2ccccc12. The molecular weight excluding hydrogens is 258 g/mol. The van der Waals surface area contributed by atoms with Crippen molar-refractivity contribution in [2.45, 2.75) is 19.9 Å². The quantitative estimate of drug-likeness (QED) is 0.917. The fraction of sp³-hybridized carbons (Fsp3) is 0.357. The Bertz CT molecular complexity index is 661. The van der Waals surface area contributed by atoms with E-state index in [9.17, 15) is 9.59 Å².